The molecule has 2 rings (SSSR count). The average molecular weight is 218 g/mol. The van der Waals surface area contributed by atoms with Crippen LogP contribution in [0.1, 0.15) is 32.1 Å². The molecule has 2 fully saturated rings. The zero-order valence-electron chi connectivity index (χ0n) is 8.22. The maximum absolute atomic E-state index is 11.7. The third-order valence-electron chi connectivity index (χ3n) is 3.18. The Hall–Kier alpha value is -0.280. The van der Waals surface area contributed by atoms with Crippen LogP contribution in [-0.2, 0) is 9.53 Å². The highest BCUT2D eigenvalue weighted by molar-refractivity contribution is 6.18. The van der Waals surface area contributed by atoms with Gasteiger partial charge in [-0.1, -0.05) is 0 Å². The Bertz CT molecular complexity index is 217. The van der Waals surface area contributed by atoms with E-state index in [9.17, 15) is 4.79 Å². The van der Waals surface area contributed by atoms with Crippen LogP contribution in [0.2, 0.25) is 0 Å². The summed E-state index contributed by atoms with van der Waals surface area (Å²) in [4.78, 5) is 11.7. The normalized spacial score (nSPS) is 29.6. The molecule has 1 N–H and O–H groups in total. The fraction of sp³-hybridized carbons (Fsp3) is 0.900. The lowest BCUT2D eigenvalue weighted by Gasteiger charge is -2.41. The number of hydrogen-bond acceptors (Lipinski definition) is 2. The third kappa shape index (κ3) is 1.89. The second kappa shape index (κ2) is 4.07. The van der Waals surface area contributed by atoms with Crippen LogP contribution in [0.15, 0.2) is 0 Å². The van der Waals surface area contributed by atoms with Crippen molar-refractivity contribution in [3.63, 3.8) is 0 Å². The number of amides is 1. The van der Waals surface area contributed by atoms with Gasteiger partial charge in [-0.05, 0) is 32.1 Å². The zero-order chi connectivity index (χ0) is 10.0. The second-order valence-electron chi connectivity index (χ2n) is 4.26. The minimum Gasteiger partial charge on any atom is -0.368 e. The molecule has 1 atom stereocenters. The summed E-state index contributed by atoms with van der Waals surface area (Å²) >= 11 is 5.86. The molecule has 80 valence electrons. The highest BCUT2D eigenvalue weighted by Crippen LogP contribution is 2.33. The Morgan fingerprint density at radius 1 is 1.50 bits per heavy atom. The second-order valence-corrected chi connectivity index (χ2v) is 4.53. The van der Waals surface area contributed by atoms with Crippen LogP contribution in [0.25, 0.3) is 0 Å². The summed E-state index contributed by atoms with van der Waals surface area (Å²) in [7, 11) is 0. The number of ether oxygens (including phenoxy) is 1. The number of halogens is 1. The summed E-state index contributed by atoms with van der Waals surface area (Å²) in [6.07, 6.45) is 4.80. The van der Waals surface area contributed by atoms with Crippen molar-refractivity contribution in [2.45, 2.75) is 43.7 Å². The number of alkyl halides is 1. The monoisotopic (exact) mass is 217 g/mol. The van der Waals surface area contributed by atoms with Gasteiger partial charge in [-0.15, -0.1) is 11.6 Å². The van der Waals surface area contributed by atoms with Crippen molar-refractivity contribution in [1.82, 2.24) is 5.32 Å². The van der Waals surface area contributed by atoms with Crippen LogP contribution < -0.4 is 5.32 Å². The first kappa shape index (κ1) is 10.2. The molecule has 0 aromatic heterocycles. The highest BCUT2D eigenvalue weighted by Gasteiger charge is 2.39. The van der Waals surface area contributed by atoms with Crippen molar-refractivity contribution >= 4 is 17.5 Å². The first-order valence-corrected chi connectivity index (χ1v) is 5.79. The molecular formula is C10H16ClNO2. The Morgan fingerprint density at radius 3 is 2.71 bits per heavy atom. The van der Waals surface area contributed by atoms with Gasteiger partial charge in [0, 0.05) is 12.5 Å². The van der Waals surface area contributed by atoms with Gasteiger partial charge in [0.15, 0.2) is 0 Å². The standard InChI is InChI=1S/C10H16ClNO2/c11-7-10(4-2-5-10)12-9(13)8-3-1-6-14-8/h8H,1-7H2,(H,12,13). The number of carbonyl (C=O) groups is 1. The maximum Gasteiger partial charge on any atom is 0.249 e. The van der Waals surface area contributed by atoms with Crippen molar-refractivity contribution in [3.8, 4) is 0 Å². The molecule has 14 heavy (non-hydrogen) atoms. The van der Waals surface area contributed by atoms with E-state index in [0.717, 1.165) is 25.7 Å². The first-order chi connectivity index (χ1) is 6.76. The number of hydrogen-bond donors (Lipinski definition) is 1. The van der Waals surface area contributed by atoms with Gasteiger partial charge in [-0.3, -0.25) is 4.79 Å². The van der Waals surface area contributed by atoms with Gasteiger partial charge in [-0.25, -0.2) is 0 Å². The predicted octanol–water partition coefficient (Wildman–Crippen LogP) is 1.44. The van der Waals surface area contributed by atoms with Crippen LogP contribution in [0.5, 0.6) is 0 Å². The van der Waals surface area contributed by atoms with Crippen LogP contribution in [-0.4, -0.2) is 30.0 Å². The molecule has 0 spiro atoms. The molecule has 1 unspecified atom stereocenters. The van der Waals surface area contributed by atoms with E-state index in [0.29, 0.717) is 12.5 Å². The summed E-state index contributed by atoms with van der Waals surface area (Å²) in [5.74, 6) is 0.550. The summed E-state index contributed by atoms with van der Waals surface area (Å²) < 4.78 is 5.32. The zero-order valence-corrected chi connectivity index (χ0v) is 8.98. The molecule has 1 heterocycles. The van der Waals surface area contributed by atoms with Crippen molar-refractivity contribution in [3.05, 3.63) is 0 Å². The predicted molar refractivity (Wildman–Crippen MR) is 54.4 cm³/mol. The molecule has 1 saturated carbocycles. The van der Waals surface area contributed by atoms with Crippen molar-refractivity contribution in [1.29, 1.82) is 0 Å². The van der Waals surface area contributed by atoms with E-state index >= 15 is 0 Å². The van der Waals surface area contributed by atoms with Gasteiger partial charge in [0.2, 0.25) is 5.91 Å². The highest BCUT2D eigenvalue weighted by atomic mass is 35.5. The number of nitrogens with one attached hydrogen (secondary N) is 1. The molecule has 1 saturated heterocycles. The Balaban J connectivity index is 1.86. The van der Waals surface area contributed by atoms with Crippen LogP contribution in [0.4, 0.5) is 0 Å². The van der Waals surface area contributed by atoms with Crippen molar-refractivity contribution in [2.75, 3.05) is 12.5 Å². The minimum absolute atomic E-state index is 0.0304. The quantitative estimate of drug-likeness (QED) is 0.727. The van der Waals surface area contributed by atoms with E-state index in [-0.39, 0.29) is 17.6 Å². The summed E-state index contributed by atoms with van der Waals surface area (Å²) in [5, 5.41) is 3.03. The lowest BCUT2D eigenvalue weighted by molar-refractivity contribution is -0.132. The first-order valence-electron chi connectivity index (χ1n) is 5.25. The number of carbonyl (C=O) groups excluding carboxylic acids is 1. The topological polar surface area (TPSA) is 38.3 Å². The van der Waals surface area contributed by atoms with Crippen LogP contribution in [0.3, 0.4) is 0 Å². The Labute approximate surface area is 89.1 Å². The van der Waals surface area contributed by atoms with Gasteiger partial charge in [-0.2, -0.15) is 0 Å². The molecule has 4 heteroatoms. The summed E-state index contributed by atoms with van der Waals surface area (Å²) in [6, 6.07) is 0. The number of rotatable bonds is 3. The molecule has 0 aromatic rings. The molecular weight excluding hydrogens is 202 g/mol. The van der Waals surface area contributed by atoms with E-state index in [1.807, 2.05) is 0 Å². The average Bonchev–Trinajstić information content (AvgIpc) is 2.63. The van der Waals surface area contributed by atoms with E-state index in [4.69, 9.17) is 16.3 Å². The fourth-order valence-electron chi connectivity index (χ4n) is 2.02. The lowest BCUT2D eigenvalue weighted by Crippen LogP contribution is -2.57. The molecule has 0 bridgehead atoms. The van der Waals surface area contributed by atoms with Crippen molar-refractivity contribution < 1.29 is 9.53 Å². The van der Waals surface area contributed by atoms with Gasteiger partial charge >= 0.3 is 0 Å². The molecule has 0 radical (unpaired) electrons. The SMILES string of the molecule is O=C(NC1(CCl)CCC1)C1CCCO1. The fourth-order valence-corrected chi connectivity index (χ4v) is 2.36. The largest absolute Gasteiger partial charge is 0.368 e. The summed E-state index contributed by atoms with van der Waals surface area (Å²) in [5.41, 5.74) is -0.120. The molecule has 1 amide bonds. The van der Waals surface area contributed by atoms with E-state index in [1.54, 1.807) is 0 Å². The third-order valence-corrected chi connectivity index (χ3v) is 3.69. The van der Waals surface area contributed by atoms with Gasteiger partial charge in [0.05, 0.1) is 5.54 Å². The molecule has 3 nitrogen and oxygen atoms in total. The minimum atomic E-state index is -0.226. The smallest absolute Gasteiger partial charge is 0.249 e. The van der Waals surface area contributed by atoms with E-state index in [2.05, 4.69) is 5.32 Å². The molecule has 1 aliphatic carbocycles. The van der Waals surface area contributed by atoms with Crippen LogP contribution in [0, 0.1) is 0 Å². The van der Waals surface area contributed by atoms with Gasteiger partial charge in [0.1, 0.15) is 6.10 Å². The van der Waals surface area contributed by atoms with E-state index < -0.39 is 0 Å². The van der Waals surface area contributed by atoms with Gasteiger partial charge in [0.25, 0.3) is 0 Å². The molecule has 2 aliphatic rings. The Morgan fingerprint density at radius 2 is 2.29 bits per heavy atom. The van der Waals surface area contributed by atoms with Gasteiger partial charge < -0.3 is 10.1 Å². The maximum atomic E-state index is 11.7. The van der Waals surface area contributed by atoms with E-state index in [1.165, 1.54) is 6.42 Å². The molecule has 0 aromatic carbocycles. The lowest BCUT2D eigenvalue weighted by atomic mass is 9.78. The van der Waals surface area contributed by atoms with Crippen LogP contribution >= 0.6 is 11.6 Å². The van der Waals surface area contributed by atoms with Crippen molar-refractivity contribution in [2.24, 2.45) is 0 Å². The summed E-state index contributed by atoms with van der Waals surface area (Å²) in [6.45, 7) is 0.714. The Kier molecular flexibility index (Phi) is 2.98. The molecule has 1 aliphatic heterocycles.